The Balaban J connectivity index is 0.00000242. The number of nitrogens with one attached hydrogen (secondary N) is 1. The maximum absolute atomic E-state index is 5.61. The smallest absolute Gasteiger partial charge is 0.194 e. The SMILES string of the molecule is CCCCOCCN=C(NCC)N1CCC2(CCCC2)C1.I. The van der Waals surface area contributed by atoms with E-state index in [1.54, 1.807) is 0 Å². The topological polar surface area (TPSA) is 36.9 Å². The Bertz CT molecular complexity index is 330. The fourth-order valence-corrected chi connectivity index (χ4v) is 3.64. The van der Waals surface area contributed by atoms with Gasteiger partial charge in [-0.05, 0) is 38.0 Å². The van der Waals surface area contributed by atoms with E-state index in [0.717, 1.165) is 38.7 Å². The standard InChI is InChI=1S/C17H33N3O.HI/c1-3-5-13-21-14-11-19-16(18-4-2)20-12-10-17(15-20)8-6-7-9-17;/h3-15H2,1-2H3,(H,18,19);1H. The lowest BCUT2D eigenvalue weighted by atomic mass is 9.86. The van der Waals surface area contributed by atoms with Crippen LogP contribution in [0.3, 0.4) is 0 Å². The third-order valence-corrected chi connectivity index (χ3v) is 4.88. The number of guanidine groups is 1. The minimum atomic E-state index is 0. The molecule has 0 bridgehead atoms. The fraction of sp³-hybridized carbons (Fsp3) is 0.941. The first kappa shape index (κ1) is 20.0. The Morgan fingerprint density at radius 2 is 1.95 bits per heavy atom. The lowest BCUT2D eigenvalue weighted by Gasteiger charge is -2.25. The summed E-state index contributed by atoms with van der Waals surface area (Å²) in [4.78, 5) is 7.23. The summed E-state index contributed by atoms with van der Waals surface area (Å²) >= 11 is 0. The summed E-state index contributed by atoms with van der Waals surface area (Å²) in [6, 6.07) is 0. The molecule has 1 saturated heterocycles. The van der Waals surface area contributed by atoms with E-state index in [0.29, 0.717) is 5.41 Å². The molecule has 1 N–H and O–H groups in total. The molecule has 2 fully saturated rings. The van der Waals surface area contributed by atoms with Crippen LogP contribution in [0, 0.1) is 5.41 Å². The molecule has 0 aromatic heterocycles. The molecule has 1 heterocycles. The van der Waals surface area contributed by atoms with Crippen molar-refractivity contribution in [2.75, 3.05) is 39.4 Å². The molecule has 0 unspecified atom stereocenters. The molecule has 130 valence electrons. The normalized spacial score (nSPS) is 20.5. The monoisotopic (exact) mass is 423 g/mol. The molecule has 0 aromatic rings. The summed E-state index contributed by atoms with van der Waals surface area (Å²) < 4.78 is 5.61. The highest BCUT2D eigenvalue weighted by Crippen LogP contribution is 2.45. The highest BCUT2D eigenvalue weighted by Gasteiger charge is 2.40. The highest BCUT2D eigenvalue weighted by molar-refractivity contribution is 14.0. The Hall–Kier alpha value is -0.0400. The van der Waals surface area contributed by atoms with Crippen LogP contribution >= 0.6 is 24.0 Å². The van der Waals surface area contributed by atoms with Gasteiger partial charge in [0.05, 0.1) is 13.2 Å². The van der Waals surface area contributed by atoms with Gasteiger partial charge in [0.2, 0.25) is 0 Å². The number of likely N-dealkylation sites (tertiary alicyclic amines) is 1. The number of hydrogen-bond donors (Lipinski definition) is 1. The predicted molar refractivity (Wildman–Crippen MR) is 104 cm³/mol. The van der Waals surface area contributed by atoms with Gasteiger partial charge in [0, 0.05) is 26.2 Å². The van der Waals surface area contributed by atoms with Crippen molar-refractivity contribution in [3.8, 4) is 0 Å². The molecule has 1 spiro atoms. The van der Waals surface area contributed by atoms with Gasteiger partial charge in [0.25, 0.3) is 0 Å². The van der Waals surface area contributed by atoms with E-state index in [9.17, 15) is 0 Å². The summed E-state index contributed by atoms with van der Waals surface area (Å²) in [6.45, 7) is 10.0. The van der Waals surface area contributed by atoms with Crippen LogP contribution in [-0.4, -0.2) is 50.3 Å². The Morgan fingerprint density at radius 3 is 2.64 bits per heavy atom. The van der Waals surface area contributed by atoms with Crippen LogP contribution in [0.15, 0.2) is 4.99 Å². The largest absolute Gasteiger partial charge is 0.380 e. The lowest BCUT2D eigenvalue weighted by Crippen LogP contribution is -2.41. The van der Waals surface area contributed by atoms with Crippen molar-refractivity contribution >= 4 is 29.9 Å². The third kappa shape index (κ3) is 5.87. The first-order chi connectivity index (χ1) is 10.3. The van der Waals surface area contributed by atoms with Crippen molar-refractivity contribution in [2.45, 2.75) is 58.8 Å². The van der Waals surface area contributed by atoms with Crippen molar-refractivity contribution < 1.29 is 4.74 Å². The van der Waals surface area contributed by atoms with E-state index >= 15 is 0 Å². The fourth-order valence-electron chi connectivity index (χ4n) is 3.64. The predicted octanol–water partition coefficient (Wildman–Crippen LogP) is 3.65. The molecular weight excluding hydrogens is 389 g/mol. The van der Waals surface area contributed by atoms with Gasteiger partial charge in [0.1, 0.15) is 0 Å². The van der Waals surface area contributed by atoms with Crippen molar-refractivity contribution in [2.24, 2.45) is 10.4 Å². The second-order valence-corrected chi connectivity index (χ2v) is 6.58. The molecule has 1 saturated carbocycles. The zero-order valence-electron chi connectivity index (χ0n) is 14.4. The Morgan fingerprint density at radius 1 is 1.18 bits per heavy atom. The number of aliphatic imine (C=N–C) groups is 1. The van der Waals surface area contributed by atoms with Gasteiger partial charge in [-0.3, -0.25) is 4.99 Å². The molecule has 1 aliphatic carbocycles. The number of hydrogen-bond acceptors (Lipinski definition) is 2. The molecule has 5 heteroatoms. The van der Waals surface area contributed by atoms with Crippen LogP contribution in [0.4, 0.5) is 0 Å². The summed E-state index contributed by atoms with van der Waals surface area (Å²) in [5, 5.41) is 3.45. The zero-order chi connectivity index (χ0) is 15.0. The quantitative estimate of drug-likeness (QED) is 0.294. The molecule has 4 nitrogen and oxygen atoms in total. The highest BCUT2D eigenvalue weighted by atomic mass is 127. The maximum atomic E-state index is 5.61. The van der Waals surface area contributed by atoms with Crippen molar-refractivity contribution in [3.05, 3.63) is 0 Å². The van der Waals surface area contributed by atoms with Crippen LogP contribution in [0.25, 0.3) is 0 Å². The van der Waals surface area contributed by atoms with Crippen molar-refractivity contribution in [3.63, 3.8) is 0 Å². The molecule has 0 amide bonds. The summed E-state index contributed by atoms with van der Waals surface area (Å²) in [5.41, 5.74) is 0.605. The van der Waals surface area contributed by atoms with E-state index < -0.39 is 0 Å². The molecule has 0 aromatic carbocycles. The van der Waals surface area contributed by atoms with Crippen molar-refractivity contribution in [1.29, 1.82) is 0 Å². The average Bonchev–Trinajstić information content (AvgIpc) is 3.12. The van der Waals surface area contributed by atoms with Crippen molar-refractivity contribution in [1.82, 2.24) is 10.2 Å². The number of nitrogens with zero attached hydrogens (tertiary/aromatic N) is 2. The molecule has 2 aliphatic rings. The van der Waals surface area contributed by atoms with Crippen LogP contribution in [0.2, 0.25) is 0 Å². The number of halogens is 1. The lowest BCUT2D eigenvalue weighted by molar-refractivity contribution is 0.138. The maximum Gasteiger partial charge on any atom is 0.194 e. The molecule has 0 radical (unpaired) electrons. The van der Waals surface area contributed by atoms with Crippen LogP contribution in [-0.2, 0) is 4.74 Å². The molecule has 0 atom stereocenters. The molecule has 1 aliphatic heterocycles. The Labute approximate surface area is 153 Å². The number of ether oxygens (including phenoxy) is 1. The minimum absolute atomic E-state index is 0. The minimum Gasteiger partial charge on any atom is -0.380 e. The third-order valence-electron chi connectivity index (χ3n) is 4.88. The van der Waals surface area contributed by atoms with Crippen LogP contribution in [0.5, 0.6) is 0 Å². The van der Waals surface area contributed by atoms with Crippen LogP contribution < -0.4 is 5.32 Å². The molecule has 2 rings (SSSR count). The summed E-state index contributed by atoms with van der Waals surface area (Å²) in [7, 11) is 0. The zero-order valence-corrected chi connectivity index (χ0v) is 16.7. The summed E-state index contributed by atoms with van der Waals surface area (Å²) in [6.07, 6.45) is 9.39. The van der Waals surface area contributed by atoms with E-state index in [4.69, 9.17) is 9.73 Å². The van der Waals surface area contributed by atoms with E-state index in [1.807, 2.05) is 0 Å². The number of rotatable bonds is 7. The van der Waals surface area contributed by atoms with Gasteiger partial charge >= 0.3 is 0 Å². The van der Waals surface area contributed by atoms with Gasteiger partial charge in [-0.15, -0.1) is 24.0 Å². The van der Waals surface area contributed by atoms with Gasteiger partial charge < -0.3 is 15.0 Å². The molecule has 22 heavy (non-hydrogen) atoms. The first-order valence-corrected chi connectivity index (χ1v) is 8.91. The van der Waals surface area contributed by atoms with Gasteiger partial charge in [-0.2, -0.15) is 0 Å². The average molecular weight is 423 g/mol. The number of unbranched alkanes of at least 4 members (excludes halogenated alkanes) is 1. The van der Waals surface area contributed by atoms with E-state index in [1.165, 1.54) is 51.6 Å². The van der Waals surface area contributed by atoms with Gasteiger partial charge in [-0.1, -0.05) is 26.2 Å². The second kappa shape index (κ2) is 10.7. The van der Waals surface area contributed by atoms with Crippen LogP contribution in [0.1, 0.15) is 58.8 Å². The van der Waals surface area contributed by atoms with Gasteiger partial charge in [0.15, 0.2) is 5.96 Å². The van der Waals surface area contributed by atoms with E-state index in [-0.39, 0.29) is 24.0 Å². The molecular formula is C17H34IN3O. The Kier molecular flexibility index (Phi) is 9.71. The summed E-state index contributed by atoms with van der Waals surface area (Å²) in [5.74, 6) is 1.10. The van der Waals surface area contributed by atoms with E-state index in [2.05, 4.69) is 24.1 Å². The van der Waals surface area contributed by atoms with Gasteiger partial charge in [-0.25, -0.2) is 0 Å². The first-order valence-electron chi connectivity index (χ1n) is 8.91. The second-order valence-electron chi connectivity index (χ2n) is 6.58.